The molecule has 1 aliphatic heterocycles. The number of morpholine rings is 1. The molecule has 118 valence electrons. The molecular formula is C16H26FN3O. The zero-order chi connectivity index (χ0) is 15.2. The molecule has 0 aromatic carbocycles. The van der Waals surface area contributed by atoms with E-state index in [1.807, 2.05) is 0 Å². The van der Waals surface area contributed by atoms with Crippen molar-refractivity contribution in [2.75, 3.05) is 26.2 Å². The zero-order valence-electron chi connectivity index (χ0n) is 13.2. The molecule has 1 saturated heterocycles. The van der Waals surface area contributed by atoms with Crippen molar-refractivity contribution >= 4 is 0 Å². The largest absolute Gasteiger partial charge is 0.373 e. The van der Waals surface area contributed by atoms with Crippen molar-refractivity contribution in [2.24, 2.45) is 0 Å². The van der Waals surface area contributed by atoms with Crippen molar-refractivity contribution in [3.63, 3.8) is 0 Å². The summed E-state index contributed by atoms with van der Waals surface area (Å²) in [5.74, 6) is -0.287. The second-order valence-corrected chi connectivity index (χ2v) is 5.82. The van der Waals surface area contributed by atoms with Crippen molar-refractivity contribution in [1.29, 1.82) is 0 Å². The number of hydrogen-bond donors (Lipinski definition) is 1. The number of nitrogens with zero attached hydrogens (tertiary/aromatic N) is 2. The van der Waals surface area contributed by atoms with Crippen LogP contribution in [0.1, 0.15) is 38.9 Å². The Kier molecular flexibility index (Phi) is 6.08. The fraction of sp³-hybridized carbons (Fsp3) is 0.688. The molecule has 3 atom stereocenters. The van der Waals surface area contributed by atoms with Gasteiger partial charge in [-0.15, -0.1) is 0 Å². The fourth-order valence-corrected chi connectivity index (χ4v) is 2.97. The standard InChI is InChI=1S/C16H26FN3O/c1-4-18-16(15-6-5-14(17)9-19-15)7-8-20-10-12(2)21-13(3)11-20/h5-6,9,12-13,16,18H,4,7-8,10-11H2,1-3H3/t12-,13+,16?. The van der Waals surface area contributed by atoms with Gasteiger partial charge in [0, 0.05) is 19.6 Å². The fourth-order valence-electron chi connectivity index (χ4n) is 2.97. The first kappa shape index (κ1) is 16.3. The maximum atomic E-state index is 13.0. The number of aromatic nitrogens is 1. The van der Waals surface area contributed by atoms with Gasteiger partial charge in [-0.25, -0.2) is 4.39 Å². The molecule has 0 spiro atoms. The predicted octanol–water partition coefficient (Wildman–Crippen LogP) is 2.37. The van der Waals surface area contributed by atoms with Crippen molar-refractivity contribution in [2.45, 2.75) is 45.4 Å². The van der Waals surface area contributed by atoms with Gasteiger partial charge in [0.25, 0.3) is 0 Å². The highest BCUT2D eigenvalue weighted by atomic mass is 19.1. The molecule has 1 fully saturated rings. The number of rotatable bonds is 6. The molecule has 2 rings (SSSR count). The SMILES string of the molecule is CCNC(CCN1C[C@@H](C)O[C@@H](C)C1)c1ccc(F)cn1. The van der Waals surface area contributed by atoms with E-state index >= 15 is 0 Å². The van der Waals surface area contributed by atoms with Gasteiger partial charge in [0.2, 0.25) is 0 Å². The van der Waals surface area contributed by atoms with E-state index in [1.165, 1.54) is 12.3 Å². The van der Waals surface area contributed by atoms with Gasteiger partial charge >= 0.3 is 0 Å². The Balaban J connectivity index is 1.92. The van der Waals surface area contributed by atoms with E-state index in [2.05, 4.69) is 36.0 Å². The van der Waals surface area contributed by atoms with Crippen LogP contribution in [0.5, 0.6) is 0 Å². The third-order valence-electron chi connectivity index (χ3n) is 3.79. The average Bonchev–Trinajstić information content (AvgIpc) is 2.43. The van der Waals surface area contributed by atoms with E-state index in [0.717, 1.165) is 38.3 Å². The molecule has 21 heavy (non-hydrogen) atoms. The van der Waals surface area contributed by atoms with Gasteiger partial charge in [-0.1, -0.05) is 6.92 Å². The van der Waals surface area contributed by atoms with Crippen LogP contribution in [0.25, 0.3) is 0 Å². The maximum absolute atomic E-state index is 13.0. The first-order valence-corrected chi connectivity index (χ1v) is 7.81. The van der Waals surface area contributed by atoms with Crippen LogP contribution in [-0.4, -0.2) is 48.3 Å². The number of pyridine rings is 1. The lowest BCUT2D eigenvalue weighted by Crippen LogP contribution is -2.46. The highest BCUT2D eigenvalue weighted by Gasteiger charge is 2.23. The van der Waals surface area contributed by atoms with Crippen molar-refractivity contribution in [1.82, 2.24) is 15.2 Å². The van der Waals surface area contributed by atoms with E-state index in [0.29, 0.717) is 0 Å². The molecule has 1 N–H and O–H groups in total. The van der Waals surface area contributed by atoms with E-state index < -0.39 is 0 Å². The van der Waals surface area contributed by atoms with E-state index in [9.17, 15) is 4.39 Å². The molecule has 2 heterocycles. The summed E-state index contributed by atoms with van der Waals surface area (Å²) in [5, 5.41) is 3.44. The summed E-state index contributed by atoms with van der Waals surface area (Å²) in [5.41, 5.74) is 0.910. The van der Waals surface area contributed by atoms with Crippen LogP contribution in [0.15, 0.2) is 18.3 Å². The lowest BCUT2D eigenvalue weighted by atomic mass is 10.1. The highest BCUT2D eigenvalue weighted by Crippen LogP contribution is 2.17. The molecule has 0 saturated carbocycles. The van der Waals surface area contributed by atoms with E-state index in [4.69, 9.17) is 4.74 Å². The van der Waals surface area contributed by atoms with Crippen LogP contribution in [0.4, 0.5) is 4.39 Å². The molecule has 0 amide bonds. The lowest BCUT2D eigenvalue weighted by molar-refractivity contribution is -0.0686. The van der Waals surface area contributed by atoms with Gasteiger partial charge in [-0.05, 0) is 38.9 Å². The molecule has 0 radical (unpaired) electrons. The Morgan fingerprint density at radius 1 is 1.38 bits per heavy atom. The number of halogens is 1. The topological polar surface area (TPSA) is 37.4 Å². The molecule has 4 nitrogen and oxygen atoms in total. The minimum atomic E-state index is -0.287. The molecule has 0 aliphatic carbocycles. The third kappa shape index (κ3) is 5.02. The third-order valence-corrected chi connectivity index (χ3v) is 3.79. The summed E-state index contributed by atoms with van der Waals surface area (Å²) in [6.45, 7) is 10.1. The monoisotopic (exact) mass is 295 g/mol. The summed E-state index contributed by atoms with van der Waals surface area (Å²) in [7, 11) is 0. The first-order valence-electron chi connectivity index (χ1n) is 7.81. The zero-order valence-corrected chi connectivity index (χ0v) is 13.2. The van der Waals surface area contributed by atoms with Crippen LogP contribution in [0, 0.1) is 5.82 Å². The van der Waals surface area contributed by atoms with Crippen LogP contribution < -0.4 is 5.32 Å². The van der Waals surface area contributed by atoms with Gasteiger partial charge in [-0.2, -0.15) is 0 Å². The van der Waals surface area contributed by atoms with Gasteiger partial charge < -0.3 is 10.1 Å². The molecule has 0 bridgehead atoms. The molecule has 5 heteroatoms. The summed E-state index contributed by atoms with van der Waals surface area (Å²) < 4.78 is 18.8. The molecular weight excluding hydrogens is 269 g/mol. The van der Waals surface area contributed by atoms with E-state index in [1.54, 1.807) is 6.07 Å². The van der Waals surface area contributed by atoms with Crippen molar-refractivity contribution in [3.05, 3.63) is 29.8 Å². The summed E-state index contributed by atoms with van der Waals surface area (Å²) in [6, 6.07) is 3.42. The van der Waals surface area contributed by atoms with Crippen LogP contribution in [0.2, 0.25) is 0 Å². The first-order chi connectivity index (χ1) is 10.1. The summed E-state index contributed by atoms with van der Waals surface area (Å²) in [6.07, 6.45) is 2.83. The van der Waals surface area contributed by atoms with Crippen molar-refractivity contribution < 1.29 is 9.13 Å². The Morgan fingerprint density at radius 2 is 2.10 bits per heavy atom. The lowest BCUT2D eigenvalue weighted by Gasteiger charge is -2.36. The van der Waals surface area contributed by atoms with Gasteiger partial charge in [-0.3, -0.25) is 9.88 Å². The Bertz CT molecular complexity index is 416. The summed E-state index contributed by atoms with van der Waals surface area (Å²) in [4.78, 5) is 6.65. The van der Waals surface area contributed by atoms with Gasteiger partial charge in [0.05, 0.1) is 30.1 Å². The number of ether oxygens (including phenoxy) is 1. The smallest absolute Gasteiger partial charge is 0.141 e. The Morgan fingerprint density at radius 3 is 2.67 bits per heavy atom. The Hall–Kier alpha value is -1.04. The Labute approximate surface area is 126 Å². The number of hydrogen-bond acceptors (Lipinski definition) is 4. The quantitative estimate of drug-likeness (QED) is 0.874. The second kappa shape index (κ2) is 7.82. The van der Waals surface area contributed by atoms with Crippen LogP contribution in [0.3, 0.4) is 0 Å². The van der Waals surface area contributed by atoms with Crippen LogP contribution >= 0.6 is 0 Å². The van der Waals surface area contributed by atoms with Crippen LogP contribution in [-0.2, 0) is 4.74 Å². The normalized spacial score (nSPS) is 25.0. The molecule has 1 aromatic heterocycles. The minimum Gasteiger partial charge on any atom is -0.373 e. The summed E-state index contributed by atoms with van der Waals surface area (Å²) >= 11 is 0. The van der Waals surface area contributed by atoms with Crippen molar-refractivity contribution in [3.8, 4) is 0 Å². The van der Waals surface area contributed by atoms with Gasteiger partial charge in [0.1, 0.15) is 5.82 Å². The van der Waals surface area contributed by atoms with Gasteiger partial charge in [0.15, 0.2) is 0 Å². The van der Waals surface area contributed by atoms with E-state index in [-0.39, 0.29) is 24.1 Å². The number of nitrogens with one attached hydrogen (secondary N) is 1. The molecule has 1 unspecified atom stereocenters. The average molecular weight is 295 g/mol. The second-order valence-electron chi connectivity index (χ2n) is 5.82. The highest BCUT2D eigenvalue weighted by molar-refractivity contribution is 5.10. The minimum absolute atomic E-state index is 0.170. The maximum Gasteiger partial charge on any atom is 0.141 e. The molecule has 1 aliphatic rings. The predicted molar refractivity (Wildman–Crippen MR) is 81.7 cm³/mol. The molecule has 1 aromatic rings.